The Bertz CT molecular complexity index is 821. The Morgan fingerprint density at radius 3 is 2.74 bits per heavy atom. The summed E-state index contributed by atoms with van der Waals surface area (Å²) in [5.74, 6) is 0.793. The van der Waals surface area contributed by atoms with Crippen molar-refractivity contribution in [3.63, 3.8) is 0 Å². The number of alkyl halides is 3. The van der Waals surface area contributed by atoms with Crippen molar-refractivity contribution >= 4 is 5.82 Å². The number of pyridine rings is 1. The molecule has 7 nitrogen and oxygen atoms in total. The molecule has 2 saturated heterocycles. The van der Waals surface area contributed by atoms with Gasteiger partial charge < -0.3 is 24.8 Å². The lowest BCUT2D eigenvalue weighted by molar-refractivity contribution is -0.137. The second-order valence-corrected chi connectivity index (χ2v) is 10.4. The molecule has 4 rings (SSSR count). The molecule has 0 radical (unpaired) electrons. The van der Waals surface area contributed by atoms with Crippen LogP contribution in [0.5, 0.6) is 0 Å². The number of aliphatic hydroxyl groups excluding tert-OH is 1. The van der Waals surface area contributed by atoms with E-state index in [9.17, 15) is 18.3 Å². The summed E-state index contributed by atoms with van der Waals surface area (Å²) in [5.41, 5.74) is -1.05. The highest BCUT2D eigenvalue weighted by molar-refractivity contribution is 5.42. The van der Waals surface area contributed by atoms with Gasteiger partial charge in [0.1, 0.15) is 12.0 Å². The zero-order valence-corrected chi connectivity index (χ0v) is 20.8. The van der Waals surface area contributed by atoms with E-state index in [1.807, 2.05) is 11.8 Å². The van der Waals surface area contributed by atoms with Gasteiger partial charge in [-0.15, -0.1) is 0 Å². The number of nitrogens with zero attached hydrogens (tertiary/aromatic N) is 3. The molecular formula is C25H39F3N4O3. The van der Waals surface area contributed by atoms with Crippen LogP contribution in [0.15, 0.2) is 18.3 Å². The minimum absolute atomic E-state index is 0.325. The highest BCUT2D eigenvalue weighted by atomic mass is 19.4. The average Bonchev–Trinajstić information content (AvgIpc) is 3.27. The lowest BCUT2D eigenvalue weighted by Gasteiger charge is -2.45. The Labute approximate surface area is 206 Å². The minimum Gasteiger partial charge on any atom is -0.381 e. The van der Waals surface area contributed by atoms with Crippen molar-refractivity contribution in [1.29, 1.82) is 0 Å². The SMILES string of the molecule is CCOC[C@]1(C(O)N2CCN(c3cc(C(F)(F)F)ccn3)CC2)CC[C@@H](NC2CCOCC2C)C1. The van der Waals surface area contributed by atoms with Crippen LogP contribution in [0.3, 0.4) is 0 Å². The Morgan fingerprint density at radius 2 is 2.06 bits per heavy atom. The van der Waals surface area contributed by atoms with Gasteiger partial charge in [0.2, 0.25) is 0 Å². The van der Waals surface area contributed by atoms with E-state index < -0.39 is 18.0 Å². The van der Waals surface area contributed by atoms with Crippen LogP contribution in [-0.4, -0.2) is 85.9 Å². The highest BCUT2D eigenvalue weighted by Crippen LogP contribution is 2.43. The van der Waals surface area contributed by atoms with Crippen LogP contribution in [0.25, 0.3) is 0 Å². The Balaban J connectivity index is 1.38. The normalized spacial score (nSPS) is 31.6. The second kappa shape index (κ2) is 11.3. The second-order valence-electron chi connectivity index (χ2n) is 10.4. The molecule has 0 bridgehead atoms. The fourth-order valence-electron chi connectivity index (χ4n) is 5.83. The molecule has 1 aromatic rings. The largest absolute Gasteiger partial charge is 0.416 e. The molecule has 1 saturated carbocycles. The highest BCUT2D eigenvalue weighted by Gasteiger charge is 2.48. The number of hydrogen-bond acceptors (Lipinski definition) is 7. The van der Waals surface area contributed by atoms with Gasteiger partial charge in [-0.3, -0.25) is 4.90 Å². The molecule has 1 aromatic heterocycles. The summed E-state index contributed by atoms with van der Waals surface area (Å²) in [6.45, 7) is 8.98. The zero-order chi connectivity index (χ0) is 25.1. The zero-order valence-electron chi connectivity index (χ0n) is 20.8. The number of halogens is 3. The first-order valence-corrected chi connectivity index (χ1v) is 12.8. The van der Waals surface area contributed by atoms with Gasteiger partial charge in [-0.2, -0.15) is 13.2 Å². The van der Waals surface area contributed by atoms with Crippen molar-refractivity contribution in [2.75, 3.05) is 57.5 Å². The number of rotatable bonds is 8. The lowest BCUT2D eigenvalue weighted by Crippen LogP contribution is -2.57. The molecule has 3 aliphatic rings. The number of aliphatic hydroxyl groups is 1. The molecule has 3 heterocycles. The van der Waals surface area contributed by atoms with Crippen LogP contribution in [0, 0.1) is 11.3 Å². The fraction of sp³-hybridized carbons (Fsp3) is 0.800. The summed E-state index contributed by atoms with van der Waals surface area (Å²) in [7, 11) is 0. The first-order valence-electron chi connectivity index (χ1n) is 12.8. The number of hydrogen-bond donors (Lipinski definition) is 2. The van der Waals surface area contributed by atoms with Crippen molar-refractivity contribution in [2.24, 2.45) is 11.3 Å². The quantitative estimate of drug-likeness (QED) is 0.568. The van der Waals surface area contributed by atoms with Gasteiger partial charge >= 0.3 is 6.18 Å². The van der Waals surface area contributed by atoms with Crippen LogP contribution in [0.4, 0.5) is 19.0 Å². The number of aromatic nitrogens is 1. The average molecular weight is 501 g/mol. The van der Waals surface area contributed by atoms with Gasteiger partial charge in [0, 0.05) is 63.1 Å². The monoisotopic (exact) mass is 500 g/mol. The van der Waals surface area contributed by atoms with E-state index >= 15 is 0 Å². The molecule has 2 N–H and O–H groups in total. The minimum atomic E-state index is -4.39. The Hall–Kier alpha value is -1.46. The predicted molar refractivity (Wildman–Crippen MR) is 127 cm³/mol. The van der Waals surface area contributed by atoms with Gasteiger partial charge in [0.25, 0.3) is 0 Å². The summed E-state index contributed by atoms with van der Waals surface area (Å²) >= 11 is 0. The summed E-state index contributed by atoms with van der Waals surface area (Å²) in [6.07, 6.45) is -0.137. The molecule has 198 valence electrons. The summed E-state index contributed by atoms with van der Waals surface area (Å²) in [4.78, 5) is 8.08. The third-order valence-corrected chi connectivity index (χ3v) is 7.93. The summed E-state index contributed by atoms with van der Waals surface area (Å²) < 4.78 is 50.8. The van der Waals surface area contributed by atoms with Crippen molar-refractivity contribution in [2.45, 2.75) is 64.0 Å². The van der Waals surface area contributed by atoms with Crippen molar-refractivity contribution in [1.82, 2.24) is 15.2 Å². The maximum Gasteiger partial charge on any atom is 0.416 e. The number of anilines is 1. The molecule has 0 amide bonds. The van der Waals surface area contributed by atoms with Gasteiger partial charge in [-0.25, -0.2) is 4.98 Å². The molecule has 5 atom stereocenters. The standard InChI is InChI=1S/C25H39F3N4O3/c1-3-34-17-24(7-4-20(15-24)30-21-6-13-35-16-18(21)2)23(33)32-11-9-31(10-12-32)22-14-19(5-8-29-22)25(26,27)28/h5,8,14,18,20-21,23,30,33H,3-4,6-7,9-13,15-17H2,1-2H3/t18?,20-,21?,23?,24+/m1/s1. The molecule has 3 unspecified atom stereocenters. The lowest BCUT2D eigenvalue weighted by atomic mass is 9.83. The molecule has 0 aromatic carbocycles. The molecule has 3 fully saturated rings. The van der Waals surface area contributed by atoms with Gasteiger partial charge in [-0.1, -0.05) is 6.92 Å². The fourth-order valence-corrected chi connectivity index (χ4v) is 5.83. The number of piperazine rings is 1. The molecule has 0 spiro atoms. The third-order valence-electron chi connectivity index (χ3n) is 7.93. The van der Waals surface area contributed by atoms with Crippen LogP contribution in [-0.2, 0) is 15.7 Å². The smallest absolute Gasteiger partial charge is 0.381 e. The van der Waals surface area contributed by atoms with E-state index in [2.05, 4.69) is 22.1 Å². The summed E-state index contributed by atoms with van der Waals surface area (Å²) in [5, 5.41) is 15.4. The Morgan fingerprint density at radius 1 is 1.29 bits per heavy atom. The first kappa shape index (κ1) is 26.6. The van der Waals surface area contributed by atoms with Crippen LogP contribution in [0.1, 0.15) is 45.1 Å². The van der Waals surface area contributed by atoms with Crippen molar-refractivity contribution < 1.29 is 27.8 Å². The third kappa shape index (κ3) is 6.28. The maximum absolute atomic E-state index is 13.1. The van der Waals surface area contributed by atoms with Crippen molar-refractivity contribution in [3.05, 3.63) is 23.9 Å². The van der Waals surface area contributed by atoms with E-state index in [-0.39, 0.29) is 5.41 Å². The first-order chi connectivity index (χ1) is 16.7. The van der Waals surface area contributed by atoms with Crippen LogP contribution >= 0.6 is 0 Å². The van der Waals surface area contributed by atoms with Gasteiger partial charge in [0.15, 0.2) is 0 Å². The topological polar surface area (TPSA) is 70.1 Å². The summed E-state index contributed by atoms with van der Waals surface area (Å²) in [6, 6.07) is 2.85. The van der Waals surface area contributed by atoms with Crippen LogP contribution in [0.2, 0.25) is 0 Å². The molecule has 10 heteroatoms. The molecule has 2 aliphatic heterocycles. The predicted octanol–water partition coefficient (Wildman–Crippen LogP) is 3.13. The van der Waals surface area contributed by atoms with E-state index in [0.717, 1.165) is 51.0 Å². The van der Waals surface area contributed by atoms with Crippen LogP contribution < -0.4 is 10.2 Å². The van der Waals surface area contributed by atoms with E-state index in [0.29, 0.717) is 63.2 Å². The number of ether oxygens (including phenoxy) is 2. The van der Waals surface area contributed by atoms with Crippen molar-refractivity contribution in [3.8, 4) is 0 Å². The molecule has 35 heavy (non-hydrogen) atoms. The molecular weight excluding hydrogens is 461 g/mol. The van der Waals surface area contributed by atoms with E-state index in [1.165, 1.54) is 6.20 Å². The Kier molecular flexibility index (Phi) is 8.58. The van der Waals surface area contributed by atoms with Gasteiger partial charge in [0.05, 0.1) is 18.8 Å². The number of nitrogens with one attached hydrogen (secondary N) is 1. The van der Waals surface area contributed by atoms with E-state index in [4.69, 9.17) is 9.47 Å². The molecule has 1 aliphatic carbocycles. The van der Waals surface area contributed by atoms with E-state index in [1.54, 1.807) is 0 Å². The van der Waals surface area contributed by atoms with Gasteiger partial charge in [-0.05, 0) is 50.7 Å². The maximum atomic E-state index is 13.1.